The normalized spacial score (nSPS) is 19.4. The zero-order valence-corrected chi connectivity index (χ0v) is 13.0. The Hall–Kier alpha value is -1.62. The zero-order valence-electron chi connectivity index (χ0n) is 13.0. The average Bonchev–Trinajstić information content (AvgIpc) is 2.46. The number of pyridine rings is 1. The number of amides is 1. The third kappa shape index (κ3) is 4.43. The Labute approximate surface area is 125 Å². The lowest BCUT2D eigenvalue weighted by Gasteiger charge is -2.34. The first-order valence-electron chi connectivity index (χ1n) is 7.43. The Morgan fingerprint density at radius 3 is 2.90 bits per heavy atom. The van der Waals surface area contributed by atoms with Gasteiger partial charge in [0.2, 0.25) is 0 Å². The van der Waals surface area contributed by atoms with Gasteiger partial charge in [0.15, 0.2) is 0 Å². The van der Waals surface area contributed by atoms with Crippen LogP contribution in [-0.2, 0) is 11.3 Å². The summed E-state index contributed by atoms with van der Waals surface area (Å²) >= 11 is 0. The lowest BCUT2D eigenvalue weighted by atomic mass is 9.94. The second kappa shape index (κ2) is 6.43. The number of hydrogen-bond donors (Lipinski definition) is 1. The Balaban J connectivity index is 2.04. The summed E-state index contributed by atoms with van der Waals surface area (Å²) in [4.78, 5) is 18.4. The van der Waals surface area contributed by atoms with Gasteiger partial charge in [-0.2, -0.15) is 0 Å². The molecule has 1 atom stereocenters. The molecule has 0 saturated carbocycles. The molecule has 2 heterocycles. The number of aliphatic hydroxyl groups excluding tert-OH is 1. The fraction of sp³-hybridized carbons (Fsp3) is 0.625. The molecule has 0 radical (unpaired) electrons. The van der Waals surface area contributed by atoms with Gasteiger partial charge < -0.3 is 14.7 Å². The predicted octanol–water partition coefficient (Wildman–Crippen LogP) is 2.69. The molecule has 1 aliphatic rings. The zero-order chi connectivity index (χ0) is 15.5. The number of ether oxygens (including phenoxy) is 1. The third-order valence-corrected chi connectivity index (χ3v) is 3.48. The van der Waals surface area contributed by atoms with Gasteiger partial charge in [-0.25, -0.2) is 4.79 Å². The molecule has 1 amide bonds. The van der Waals surface area contributed by atoms with Crippen LogP contribution in [0.5, 0.6) is 0 Å². The number of carbonyl (C=O) groups is 1. The number of rotatable bonds is 2. The van der Waals surface area contributed by atoms with Gasteiger partial charge in [0.05, 0.1) is 12.3 Å². The predicted molar refractivity (Wildman–Crippen MR) is 79.9 cm³/mol. The van der Waals surface area contributed by atoms with E-state index in [2.05, 4.69) is 4.98 Å². The molecule has 1 aromatic rings. The molecule has 1 aromatic heterocycles. The van der Waals surface area contributed by atoms with E-state index in [0.29, 0.717) is 12.2 Å². The maximum atomic E-state index is 12.2. The average molecular weight is 292 g/mol. The monoisotopic (exact) mass is 292 g/mol. The number of piperidine rings is 1. The van der Waals surface area contributed by atoms with Crippen LogP contribution in [0.2, 0.25) is 0 Å². The van der Waals surface area contributed by atoms with Crippen molar-refractivity contribution in [2.75, 3.05) is 13.1 Å². The Morgan fingerprint density at radius 2 is 2.24 bits per heavy atom. The fourth-order valence-corrected chi connectivity index (χ4v) is 2.52. The molecular weight excluding hydrogens is 268 g/mol. The molecule has 5 heteroatoms. The Morgan fingerprint density at radius 1 is 1.48 bits per heavy atom. The van der Waals surface area contributed by atoms with E-state index >= 15 is 0 Å². The second-order valence-corrected chi connectivity index (χ2v) is 6.48. The van der Waals surface area contributed by atoms with E-state index in [4.69, 9.17) is 4.74 Å². The van der Waals surface area contributed by atoms with Crippen LogP contribution in [0.3, 0.4) is 0 Å². The highest BCUT2D eigenvalue weighted by Gasteiger charge is 2.28. The van der Waals surface area contributed by atoms with E-state index in [1.165, 1.54) is 0 Å². The lowest BCUT2D eigenvalue weighted by Crippen LogP contribution is -2.42. The first kappa shape index (κ1) is 15.8. The Kier molecular flexibility index (Phi) is 4.83. The summed E-state index contributed by atoms with van der Waals surface area (Å²) in [6, 6.07) is 5.67. The van der Waals surface area contributed by atoms with Gasteiger partial charge in [-0.15, -0.1) is 0 Å². The van der Waals surface area contributed by atoms with Crippen LogP contribution < -0.4 is 0 Å². The summed E-state index contributed by atoms with van der Waals surface area (Å²) in [5.74, 6) is 0.206. The number of aromatic nitrogens is 1. The van der Waals surface area contributed by atoms with Crippen molar-refractivity contribution in [1.29, 1.82) is 0 Å². The van der Waals surface area contributed by atoms with Crippen LogP contribution in [0.4, 0.5) is 4.79 Å². The van der Waals surface area contributed by atoms with E-state index in [0.717, 1.165) is 25.1 Å². The van der Waals surface area contributed by atoms with Crippen LogP contribution in [0.15, 0.2) is 18.2 Å². The van der Waals surface area contributed by atoms with Crippen LogP contribution in [-0.4, -0.2) is 39.8 Å². The van der Waals surface area contributed by atoms with Crippen molar-refractivity contribution in [2.24, 2.45) is 0 Å². The van der Waals surface area contributed by atoms with Gasteiger partial charge in [-0.1, -0.05) is 6.07 Å². The number of hydrogen-bond acceptors (Lipinski definition) is 4. The molecule has 0 bridgehead atoms. The van der Waals surface area contributed by atoms with Crippen molar-refractivity contribution in [3.63, 3.8) is 0 Å². The fourth-order valence-electron chi connectivity index (χ4n) is 2.52. The van der Waals surface area contributed by atoms with Crippen LogP contribution in [0, 0.1) is 0 Å². The molecule has 0 aliphatic carbocycles. The summed E-state index contributed by atoms with van der Waals surface area (Å²) < 4.78 is 5.43. The largest absolute Gasteiger partial charge is 0.444 e. The second-order valence-electron chi connectivity index (χ2n) is 6.48. The molecular formula is C16H24N2O3. The van der Waals surface area contributed by atoms with E-state index in [1.54, 1.807) is 11.0 Å². The van der Waals surface area contributed by atoms with E-state index in [9.17, 15) is 9.90 Å². The molecule has 1 saturated heterocycles. The third-order valence-electron chi connectivity index (χ3n) is 3.48. The van der Waals surface area contributed by atoms with Crippen LogP contribution in [0.25, 0.3) is 0 Å². The number of aliphatic hydroxyl groups is 1. The highest BCUT2D eigenvalue weighted by molar-refractivity contribution is 5.68. The van der Waals surface area contributed by atoms with Crippen molar-refractivity contribution in [3.05, 3.63) is 29.6 Å². The van der Waals surface area contributed by atoms with Crippen molar-refractivity contribution in [2.45, 2.75) is 51.7 Å². The molecule has 2 rings (SSSR count). The van der Waals surface area contributed by atoms with Crippen molar-refractivity contribution < 1.29 is 14.6 Å². The molecule has 0 spiro atoms. The summed E-state index contributed by atoms with van der Waals surface area (Å²) in [6.45, 7) is 6.91. The summed E-state index contributed by atoms with van der Waals surface area (Å²) in [5.41, 5.74) is 1.13. The van der Waals surface area contributed by atoms with Gasteiger partial charge in [-0.05, 0) is 45.7 Å². The quantitative estimate of drug-likeness (QED) is 0.910. The first-order chi connectivity index (χ1) is 9.89. The lowest BCUT2D eigenvalue weighted by molar-refractivity contribution is 0.0197. The molecule has 1 unspecified atom stereocenters. The highest BCUT2D eigenvalue weighted by Crippen LogP contribution is 2.26. The minimum Gasteiger partial charge on any atom is -0.444 e. The molecule has 1 fully saturated rings. The molecule has 1 aliphatic heterocycles. The van der Waals surface area contributed by atoms with Crippen molar-refractivity contribution in [1.82, 2.24) is 9.88 Å². The van der Waals surface area contributed by atoms with Crippen molar-refractivity contribution >= 4 is 6.09 Å². The smallest absolute Gasteiger partial charge is 0.410 e. The van der Waals surface area contributed by atoms with E-state index in [-0.39, 0.29) is 18.6 Å². The number of carbonyl (C=O) groups excluding carboxylic acids is 1. The Bertz CT molecular complexity index is 497. The summed E-state index contributed by atoms with van der Waals surface area (Å²) in [6.07, 6.45) is 1.68. The highest BCUT2D eigenvalue weighted by atomic mass is 16.6. The first-order valence-corrected chi connectivity index (χ1v) is 7.43. The van der Waals surface area contributed by atoms with Crippen LogP contribution >= 0.6 is 0 Å². The number of likely N-dealkylation sites (tertiary alicyclic amines) is 1. The number of nitrogens with zero attached hydrogens (tertiary/aromatic N) is 2. The van der Waals surface area contributed by atoms with Gasteiger partial charge in [-0.3, -0.25) is 4.98 Å². The molecule has 5 nitrogen and oxygen atoms in total. The summed E-state index contributed by atoms with van der Waals surface area (Å²) in [7, 11) is 0. The SMILES string of the molecule is CC(C)(C)OC(=O)N1CCCC(c2cccc(CO)n2)C1. The van der Waals surface area contributed by atoms with Gasteiger partial charge in [0.25, 0.3) is 0 Å². The standard InChI is InChI=1S/C16H24N2O3/c1-16(2,3)21-15(20)18-9-5-6-12(10-18)14-8-4-7-13(11-19)17-14/h4,7-8,12,19H,5-6,9-11H2,1-3H3. The maximum Gasteiger partial charge on any atom is 0.410 e. The van der Waals surface area contributed by atoms with Gasteiger partial charge >= 0.3 is 6.09 Å². The molecule has 0 aromatic carbocycles. The minimum absolute atomic E-state index is 0.0592. The van der Waals surface area contributed by atoms with E-state index in [1.807, 2.05) is 32.9 Å². The minimum atomic E-state index is -0.473. The van der Waals surface area contributed by atoms with Crippen molar-refractivity contribution in [3.8, 4) is 0 Å². The van der Waals surface area contributed by atoms with Gasteiger partial charge in [0, 0.05) is 24.7 Å². The molecule has 21 heavy (non-hydrogen) atoms. The van der Waals surface area contributed by atoms with Crippen LogP contribution in [0.1, 0.15) is 50.9 Å². The molecule has 116 valence electrons. The van der Waals surface area contributed by atoms with E-state index < -0.39 is 5.60 Å². The molecule has 1 N–H and O–H groups in total. The maximum absolute atomic E-state index is 12.2. The van der Waals surface area contributed by atoms with Gasteiger partial charge in [0.1, 0.15) is 5.60 Å². The topological polar surface area (TPSA) is 62.7 Å². The summed E-state index contributed by atoms with van der Waals surface area (Å²) in [5, 5.41) is 9.18.